The number of nitrogens with zero attached hydrogens (tertiary/aromatic N) is 2. The second-order valence-electron chi connectivity index (χ2n) is 4.28. The number of carboxylic acid groups (broad SMARTS) is 1. The van der Waals surface area contributed by atoms with Crippen molar-refractivity contribution in [3.05, 3.63) is 84.3 Å². The fraction of sp³-hybridized carbons (Fsp3) is 0. The summed E-state index contributed by atoms with van der Waals surface area (Å²) in [6.07, 6.45) is 3.00. The van der Waals surface area contributed by atoms with Crippen LogP contribution in [-0.4, -0.2) is 21.0 Å². The normalized spacial score (nSPS) is 9.25. The Hall–Kier alpha value is -2.53. The zero-order valence-electron chi connectivity index (χ0n) is 12.1. The molecule has 3 aromatic rings. The van der Waals surface area contributed by atoms with Crippen molar-refractivity contribution in [2.45, 2.75) is 0 Å². The van der Waals surface area contributed by atoms with Gasteiger partial charge in [0.1, 0.15) is 5.69 Å². The molecule has 0 amide bonds. The third kappa shape index (κ3) is 5.59. The molecule has 0 bridgehead atoms. The molecule has 24 heavy (non-hydrogen) atoms. The SMILES string of the molecule is Fc1c[c-]c(-c2ccccn2)c(F)c1.O=C(O)c1ccccn1.[Rh]. The number of hydrogen-bond acceptors (Lipinski definition) is 3. The number of benzene rings is 1. The summed E-state index contributed by atoms with van der Waals surface area (Å²) in [4.78, 5) is 17.7. The fourth-order valence-electron chi connectivity index (χ4n) is 1.64. The number of halogens is 2. The van der Waals surface area contributed by atoms with E-state index in [0.29, 0.717) is 5.69 Å². The minimum atomic E-state index is -0.990. The molecule has 2 heterocycles. The number of carboxylic acids is 1. The van der Waals surface area contributed by atoms with Crippen LogP contribution in [0.4, 0.5) is 8.78 Å². The van der Waals surface area contributed by atoms with Crippen molar-refractivity contribution in [1.82, 2.24) is 9.97 Å². The monoisotopic (exact) mass is 416 g/mol. The molecule has 2 aromatic heterocycles. The van der Waals surface area contributed by atoms with E-state index in [-0.39, 0.29) is 30.7 Å². The first-order valence-corrected chi connectivity index (χ1v) is 6.50. The van der Waals surface area contributed by atoms with E-state index < -0.39 is 17.6 Å². The van der Waals surface area contributed by atoms with E-state index in [4.69, 9.17) is 5.11 Å². The summed E-state index contributed by atoms with van der Waals surface area (Å²) in [5, 5.41) is 8.32. The second-order valence-corrected chi connectivity index (χ2v) is 4.28. The third-order valence-corrected chi connectivity index (χ3v) is 2.66. The molecule has 0 aliphatic heterocycles. The molecule has 1 N–H and O–H groups in total. The van der Waals surface area contributed by atoms with Crippen LogP contribution in [0.2, 0.25) is 0 Å². The molecule has 0 atom stereocenters. The van der Waals surface area contributed by atoms with Gasteiger partial charge in [-0.25, -0.2) is 9.78 Å². The van der Waals surface area contributed by atoms with Gasteiger partial charge in [0, 0.05) is 43.5 Å². The first-order chi connectivity index (χ1) is 11.1. The maximum absolute atomic E-state index is 13.2. The Morgan fingerprint density at radius 2 is 1.71 bits per heavy atom. The van der Waals surface area contributed by atoms with Crippen LogP contribution < -0.4 is 0 Å². The molecule has 125 valence electrons. The van der Waals surface area contributed by atoms with Gasteiger partial charge < -0.3 is 10.1 Å². The Morgan fingerprint density at radius 1 is 1.04 bits per heavy atom. The molecule has 0 fully saturated rings. The quantitative estimate of drug-likeness (QED) is 0.512. The Morgan fingerprint density at radius 3 is 2.17 bits per heavy atom. The van der Waals surface area contributed by atoms with Gasteiger partial charge in [0.2, 0.25) is 0 Å². The van der Waals surface area contributed by atoms with E-state index in [1.807, 2.05) is 0 Å². The number of hydrogen-bond donors (Lipinski definition) is 1. The third-order valence-electron chi connectivity index (χ3n) is 2.66. The van der Waals surface area contributed by atoms with Gasteiger partial charge in [0.05, 0.1) is 0 Å². The first-order valence-electron chi connectivity index (χ1n) is 6.50. The molecule has 0 spiro atoms. The molecule has 0 unspecified atom stereocenters. The minimum Gasteiger partial charge on any atom is -0.477 e. The van der Waals surface area contributed by atoms with Crippen molar-refractivity contribution in [2.75, 3.05) is 0 Å². The Labute approximate surface area is 150 Å². The Balaban J connectivity index is 0.000000252. The van der Waals surface area contributed by atoms with E-state index >= 15 is 0 Å². The van der Waals surface area contributed by atoms with Crippen LogP contribution in [-0.2, 0) is 19.5 Å². The number of rotatable bonds is 2. The number of carbonyl (C=O) groups is 1. The van der Waals surface area contributed by atoms with Crippen molar-refractivity contribution in [3.8, 4) is 11.3 Å². The van der Waals surface area contributed by atoms with Crippen LogP contribution in [0, 0.1) is 17.7 Å². The maximum atomic E-state index is 13.2. The van der Waals surface area contributed by atoms with Gasteiger partial charge in [-0.15, -0.1) is 12.1 Å². The van der Waals surface area contributed by atoms with E-state index in [1.54, 1.807) is 36.5 Å². The molecule has 0 saturated heterocycles. The second kappa shape index (κ2) is 9.58. The van der Waals surface area contributed by atoms with Crippen molar-refractivity contribution >= 4 is 5.97 Å². The average molecular weight is 416 g/mol. The average Bonchev–Trinajstić information content (AvgIpc) is 2.57. The molecular formula is C17H11F2N2O2Rh-. The molecule has 0 aliphatic carbocycles. The molecule has 0 saturated carbocycles. The summed E-state index contributed by atoms with van der Waals surface area (Å²) in [6.45, 7) is 0. The van der Waals surface area contributed by atoms with E-state index in [0.717, 1.165) is 12.1 Å². The Kier molecular flexibility index (Phi) is 7.79. The Bertz CT molecular complexity index is 787. The van der Waals surface area contributed by atoms with Crippen molar-refractivity contribution in [1.29, 1.82) is 0 Å². The van der Waals surface area contributed by atoms with Gasteiger partial charge in [-0.1, -0.05) is 29.8 Å². The first kappa shape index (κ1) is 19.5. The minimum absolute atomic E-state index is 0. The maximum Gasteiger partial charge on any atom is 0.354 e. The van der Waals surface area contributed by atoms with Crippen molar-refractivity contribution in [2.24, 2.45) is 0 Å². The van der Waals surface area contributed by atoms with Crippen LogP contribution in [0.3, 0.4) is 0 Å². The van der Waals surface area contributed by atoms with Gasteiger partial charge in [-0.05, 0) is 23.9 Å². The number of aromatic carboxylic acids is 1. The van der Waals surface area contributed by atoms with Gasteiger partial charge in [0.15, 0.2) is 0 Å². The zero-order chi connectivity index (χ0) is 16.7. The summed E-state index contributed by atoms with van der Waals surface area (Å²) >= 11 is 0. The van der Waals surface area contributed by atoms with Crippen LogP contribution in [0.5, 0.6) is 0 Å². The van der Waals surface area contributed by atoms with E-state index in [2.05, 4.69) is 16.0 Å². The van der Waals surface area contributed by atoms with Gasteiger partial charge in [-0.3, -0.25) is 8.78 Å². The zero-order valence-corrected chi connectivity index (χ0v) is 13.8. The molecule has 3 rings (SSSR count). The molecule has 7 heteroatoms. The van der Waals surface area contributed by atoms with E-state index in [1.165, 1.54) is 12.3 Å². The molecule has 1 radical (unpaired) electrons. The van der Waals surface area contributed by atoms with Gasteiger partial charge in [-0.2, -0.15) is 0 Å². The van der Waals surface area contributed by atoms with E-state index in [9.17, 15) is 13.6 Å². The topological polar surface area (TPSA) is 63.1 Å². The smallest absolute Gasteiger partial charge is 0.354 e. The van der Waals surface area contributed by atoms with Crippen LogP contribution >= 0.6 is 0 Å². The van der Waals surface area contributed by atoms with Crippen LogP contribution in [0.1, 0.15) is 10.5 Å². The molecular weight excluding hydrogens is 405 g/mol. The van der Waals surface area contributed by atoms with Crippen molar-refractivity contribution < 1.29 is 38.2 Å². The summed E-state index contributed by atoms with van der Waals surface area (Å²) in [5.41, 5.74) is 0.717. The summed E-state index contributed by atoms with van der Waals surface area (Å²) < 4.78 is 25.8. The summed E-state index contributed by atoms with van der Waals surface area (Å²) in [7, 11) is 0. The largest absolute Gasteiger partial charge is 0.477 e. The standard InChI is InChI=1S/C11H6F2N.C6H5NO2.Rh/c12-8-4-5-9(10(13)7-8)11-3-1-2-6-14-11;8-6(9)5-3-1-2-4-7-5;/h1-4,6-7H;1-4H,(H,8,9);/q-1;;. The number of aromatic nitrogens is 2. The van der Waals surface area contributed by atoms with Crippen LogP contribution in [0.25, 0.3) is 11.3 Å². The molecule has 0 aliphatic rings. The summed E-state index contributed by atoms with van der Waals surface area (Å²) in [6, 6.07) is 14.3. The fourth-order valence-corrected chi connectivity index (χ4v) is 1.64. The molecule has 4 nitrogen and oxygen atoms in total. The van der Waals surface area contributed by atoms with Crippen molar-refractivity contribution in [3.63, 3.8) is 0 Å². The van der Waals surface area contributed by atoms with Gasteiger partial charge in [0.25, 0.3) is 0 Å². The predicted octanol–water partition coefficient (Wildman–Crippen LogP) is 3.60. The van der Waals surface area contributed by atoms with Gasteiger partial charge >= 0.3 is 5.97 Å². The van der Waals surface area contributed by atoms with Crippen LogP contribution in [0.15, 0.2) is 60.9 Å². The molecule has 1 aromatic carbocycles. The predicted molar refractivity (Wildman–Crippen MR) is 79.6 cm³/mol. The summed E-state index contributed by atoms with van der Waals surface area (Å²) in [5.74, 6) is -2.28. The number of pyridine rings is 2.